The van der Waals surface area contributed by atoms with E-state index in [9.17, 15) is 9.90 Å². The maximum atomic E-state index is 11.8. The van der Waals surface area contributed by atoms with Crippen molar-refractivity contribution >= 4 is 17.4 Å². The summed E-state index contributed by atoms with van der Waals surface area (Å²) >= 11 is 0. The highest BCUT2D eigenvalue weighted by molar-refractivity contribution is 5.89. The first-order valence-electron chi connectivity index (χ1n) is 9.71. The Hall–Kier alpha value is -1.88. The summed E-state index contributed by atoms with van der Waals surface area (Å²) in [6, 6.07) is 8.77. The molecule has 2 rings (SSSR count). The van der Waals surface area contributed by atoms with Crippen LogP contribution in [0.15, 0.2) is 29.3 Å². The summed E-state index contributed by atoms with van der Waals surface area (Å²) in [5.74, 6) is -1.17. The van der Waals surface area contributed by atoms with Crippen molar-refractivity contribution in [1.82, 2.24) is 0 Å². The summed E-state index contributed by atoms with van der Waals surface area (Å²) in [6.45, 7) is 5.93. The summed E-state index contributed by atoms with van der Waals surface area (Å²) in [6.07, 6.45) is 4.48. The fourth-order valence-corrected chi connectivity index (χ4v) is 3.90. The monoisotopic (exact) mass is 359 g/mol. The Morgan fingerprint density at radius 3 is 2.58 bits per heavy atom. The molecule has 5 heteroatoms. The largest absolute Gasteiger partial charge is 0.481 e. The normalized spacial score (nSPS) is 20.7. The van der Waals surface area contributed by atoms with Crippen LogP contribution in [0.3, 0.4) is 0 Å². The number of hydrogen-bond acceptors (Lipinski definition) is 4. The molecule has 0 aromatic heterocycles. The summed E-state index contributed by atoms with van der Waals surface area (Å²) in [7, 11) is 1.75. The van der Waals surface area contributed by atoms with E-state index in [1.54, 1.807) is 7.05 Å². The Morgan fingerprint density at radius 1 is 1.35 bits per heavy atom. The van der Waals surface area contributed by atoms with Gasteiger partial charge in [-0.3, -0.25) is 9.79 Å². The van der Waals surface area contributed by atoms with Crippen molar-refractivity contribution in [3.05, 3.63) is 29.8 Å². The van der Waals surface area contributed by atoms with E-state index < -0.39 is 5.97 Å². The molecule has 26 heavy (non-hydrogen) atoms. The van der Waals surface area contributed by atoms with Crippen LogP contribution in [0.25, 0.3) is 0 Å². The highest BCUT2D eigenvalue weighted by Crippen LogP contribution is 2.26. The van der Waals surface area contributed by atoms with Gasteiger partial charge in [-0.2, -0.15) is 0 Å². The van der Waals surface area contributed by atoms with Gasteiger partial charge in [-0.25, -0.2) is 0 Å². The molecule has 3 atom stereocenters. The van der Waals surface area contributed by atoms with Crippen LogP contribution in [-0.2, 0) is 11.2 Å². The van der Waals surface area contributed by atoms with E-state index in [-0.39, 0.29) is 17.9 Å². The minimum atomic E-state index is -0.723. The number of carbonyl (C=O) groups is 1. The van der Waals surface area contributed by atoms with Gasteiger partial charge in [0.25, 0.3) is 0 Å². The van der Waals surface area contributed by atoms with Gasteiger partial charge < -0.3 is 15.7 Å². The second-order valence-corrected chi connectivity index (χ2v) is 7.42. The molecule has 1 aliphatic heterocycles. The molecule has 0 spiro atoms. The summed E-state index contributed by atoms with van der Waals surface area (Å²) in [4.78, 5) is 18.4. The Kier molecular flexibility index (Phi) is 7.64. The lowest BCUT2D eigenvalue weighted by Gasteiger charge is -2.32. The standard InChI is InChI=1S/C21H33N3O2/c1-4-6-19(21(25)26)20(15(2)23-3)13-16-8-10-18(11-9-16)24-12-5-7-17(22)14-24/h8-11,17,19-20H,4-7,12-14,22H2,1-3H3,(H,25,26)/t17-,19-,20+/m0/s1. The molecule has 1 aliphatic rings. The Morgan fingerprint density at radius 2 is 2.04 bits per heavy atom. The summed E-state index contributed by atoms with van der Waals surface area (Å²) in [5.41, 5.74) is 9.36. The zero-order valence-electron chi connectivity index (χ0n) is 16.3. The quantitative estimate of drug-likeness (QED) is 0.698. The molecule has 0 unspecified atom stereocenters. The SMILES string of the molecule is CCC[C@H](C(=O)O)[C@H](Cc1ccc(N2CCC[C@H](N)C2)cc1)C(C)=NC. The predicted octanol–water partition coefficient (Wildman–Crippen LogP) is 3.36. The number of anilines is 1. The molecular formula is C21H33N3O2. The van der Waals surface area contributed by atoms with Gasteiger partial charge in [0.15, 0.2) is 0 Å². The van der Waals surface area contributed by atoms with Crippen molar-refractivity contribution in [2.45, 2.75) is 52.0 Å². The lowest BCUT2D eigenvalue weighted by atomic mass is 9.81. The summed E-state index contributed by atoms with van der Waals surface area (Å²) in [5, 5.41) is 9.66. The average molecular weight is 360 g/mol. The van der Waals surface area contributed by atoms with Crippen LogP contribution in [-0.4, -0.2) is 43.0 Å². The molecule has 0 amide bonds. The molecule has 1 saturated heterocycles. The van der Waals surface area contributed by atoms with Gasteiger partial charge in [-0.05, 0) is 50.3 Å². The van der Waals surface area contributed by atoms with Gasteiger partial charge in [-0.15, -0.1) is 0 Å². The third-order valence-electron chi connectivity index (χ3n) is 5.51. The second kappa shape index (κ2) is 9.72. The molecule has 0 radical (unpaired) electrons. The van der Waals surface area contributed by atoms with Gasteiger partial charge in [-0.1, -0.05) is 25.5 Å². The van der Waals surface area contributed by atoms with Gasteiger partial charge in [0, 0.05) is 43.5 Å². The highest BCUT2D eigenvalue weighted by atomic mass is 16.4. The van der Waals surface area contributed by atoms with Gasteiger partial charge in [0.2, 0.25) is 0 Å². The van der Waals surface area contributed by atoms with Crippen LogP contribution < -0.4 is 10.6 Å². The van der Waals surface area contributed by atoms with Crippen molar-refractivity contribution in [2.75, 3.05) is 25.0 Å². The van der Waals surface area contributed by atoms with E-state index in [0.29, 0.717) is 12.8 Å². The van der Waals surface area contributed by atoms with E-state index in [2.05, 4.69) is 34.2 Å². The van der Waals surface area contributed by atoms with Gasteiger partial charge >= 0.3 is 5.97 Å². The lowest BCUT2D eigenvalue weighted by Crippen LogP contribution is -2.42. The molecule has 3 N–H and O–H groups in total. The van der Waals surface area contributed by atoms with E-state index in [1.165, 1.54) is 5.69 Å². The topological polar surface area (TPSA) is 78.9 Å². The number of hydrogen-bond donors (Lipinski definition) is 2. The molecule has 0 bridgehead atoms. The fourth-order valence-electron chi connectivity index (χ4n) is 3.90. The zero-order valence-corrected chi connectivity index (χ0v) is 16.3. The van der Waals surface area contributed by atoms with Crippen LogP contribution in [0, 0.1) is 11.8 Å². The minimum Gasteiger partial charge on any atom is -0.481 e. The van der Waals surface area contributed by atoms with Crippen LogP contribution in [0.1, 0.15) is 45.1 Å². The molecule has 1 heterocycles. The number of piperidine rings is 1. The first kappa shape index (κ1) is 20.4. The molecule has 5 nitrogen and oxygen atoms in total. The number of benzene rings is 1. The number of aliphatic imine (C=N–C) groups is 1. The average Bonchev–Trinajstić information content (AvgIpc) is 2.64. The number of rotatable bonds is 8. The number of nitrogens with two attached hydrogens (primary N) is 1. The second-order valence-electron chi connectivity index (χ2n) is 7.42. The molecular weight excluding hydrogens is 326 g/mol. The molecule has 1 fully saturated rings. The third kappa shape index (κ3) is 5.31. The minimum absolute atomic E-state index is 0.0632. The molecule has 1 aromatic rings. The maximum absolute atomic E-state index is 11.8. The third-order valence-corrected chi connectivity index (χ3v) is 5.51. The van der Waals surface area contributed by atoms with Crippen molar-refractivity contribution < 1.29 is 9.90 Å². The predicted molar refractivity (Wildman–Crippen MR) is 108 cm³/mol. The maximum Gasteiger partial charge on any atom is 0.307 e. The number of nitrogens with zero attached hydrogens (tertiary/aromatic N) is 2. The molecule has 0 saturated carbocycles. The Balaban J connectivity index is 2.14. The van der Waals surface area contributed by atoms with Crippen LogP contribution >= 0.6 is 0 Å². The first-order valence-corrected chi connectivity index (χ1v) is 9.71. The van der Waals surface area contributed by atoms with Crippen molar-refractivity contribution in [3.8, 4) is 0 Å². The number of carboxylic acids is 1. The van der Waals surface area contributed by atoms with Crippen LogP contribution in [0.2, 0.25) is 0 Å². The van der Waals surface area contributed by atoms with Crippen LogP contribution in [0.5, 0.6) is 0 Å². The highest BCUT2D eigenvalue weighted by Gasteiger charge is 2.29. The van der Waals surface area contributed by atoms with E-state index >= 15 is 0 Å². The van der Waals surface area contributed by atoms with Gasteiger partial charge in [0.1, 0.15) is 0 Å². The Bertz CT molecular complexity index is 612. The molecule has 1 aromatic carbocycles. The van der Waals surface area contributed by atoms with Crippen molar-refractivity contribution in [1.29, 1.82) is 0 Å². The smallest absolute Gasteiger partial charge is 0.307 e. The number of carboxylic acid groups (broad SMARTS) is 1. The first-order chi connectivity index (χ1) is 12.5. The van der Waals surface area contributed by atoms with Crippen molar-refractivity contribution in [2.24, 2.45) is 22.6 Å². The van der Waals surface area contributed by atoms with Crippen molar-refractivity contribution in [3.63, 3.8) is 0 Å². The van der Waals surface area contributed by atoms with Gasteiger partial charge in [0.05, 0.1) is 5.92 Å². The molecule has 144 valence electrons. The Labute approximate surface area is 157 Å². The van der Waals surface area contributed by atoms with Crippen LogP contribution in [0.4, 0.5) is 5.69 Å². The summed E-state index contributed by atoms with van der Waals surface area (Å²) < 4.78 is 0. The van der Waals surface area contributed by atoms with E-state index in [4.69, 9.17) is 5.73 Å². The number of aliphatic carboxylic acids is 1. The fraction of sp³-hybridized carbons (Fsp3) is 0.619. The zero-order chi connectivity index (χ0) is 19.1. The van der Waals surface area contributed by atoms with E-state index in [1.807, 2.05) is 13.8 Å². The lowest BCUT2D eigenvalue weighted by molar-refractivity contribution is -0.143. The van der Waals surface area contributed by atoms with E-state index in [0.717, 1.165) is 43.6 Å². The molecule has 0 aliphatic carbocycles.